The third-order valence-electron chi connectivity index (χ3n) is 8.48. The highest BCUT2D eigenvalue weighted by Gasteiger charge is 2.34. The number of carbonyl (C=O) groups excluding carboxylic acids is 1. The maximum absolute atomic E-state index is 14.1. The van der Waals surface area contributed by atoms with Crippen molar-refractivity contribution in [2.24, 2.45) is 0 Å². The van der Waals surface area contributed by atoms with E-state index in [0.29, 0.717) is 54.5 Å². The SMILES string of the molecule is CCN1CCN(Cc2ccc(NC(=O)c3ccc(C)c(C#Cc4cnc5c(N/C(C=N)=C/NCCOC)cccn45)c3)cc2C(F)(F)F)CC1. The number of nitrogens with zero attached hydrogens (tertiary/aromatic N) is 4. The number of hydrogen-bond donors (Lipinski definition) is 4. The van der Waals surface area contributed by atoms with Crippen LogP contribution >= 0.6 is 0 Å². The normalized spacial score (nSPS) is 14.2. The van der Waals surface area contributed by atoms with E-state index in [-0.39, 0.29) is 23.4 Å². The lowest BCUT2D eigenvalue weighted by Crippen LogP contribution is -2.45. The fraction of sp³-hybridized carbons (Fsp3) is 0.324. The van der Waals surface area contributed by atoms with Gasteiger partial charge in [-0.25, -0.2) is 4.98 Å². The molecule has 0 spiro atoms. The van der Waals surface area contributed by atoms with Crippen molar-refractivity contribution in [3.8, 4) is 11.8 Å². The van der Waals surface area contributed by atoms with Crippen molar-refractivity contribution in [2.45, 2.75) is 26.6 Å². The number of benzene rings is 2. The van der Waals surface area contributed by atoms with Crippen LogP contribution in [0.3, 0.4) is 0 Å². The van der Waals surface area contributed by atoms with Crippen LogP contribution in [-0.4, -0.2) is 84.3 Å². The molecule has 2 aromatic carbocycles. The summed E-state index contributed by atoms with van der Waals surface area (Å²) in [6, 6.07) is 12.7. The van der Waals surface area contributed by atoms with Gasteiger partial charge in [-0.2, -0.15) is 13.2 Å². The molecule has 4 N–H and O–H groups in total. The highest BCUT2D eigenvalue weighted by molar-refractivity contribution is 6.04. The smallest absolute Gasteiger partial charge is 0.387 e. The maximum Gasteiger partial charge on any atom is 0.416 e. The van der Waals surface area contributed by atoms with Gasteiger partial charge in [-0.1, -0.05) is 25.0 Å². The molecular formula is C37H41F3N8O2. The van der Waals surface area contributed by atoms with E-state index < -0.39 is 17.6 Å². The molecule has 50 heavy (non-hydrogen) atoms. The number of carbonyl (C=O) groups is 1. The summed E-state index contributed by atoms with van der Waals surface area (Å²) in [7, 11) is 1.62. The summed E-state index contributed by atoms with van der Waals surface area (Å²) in [5, 5.41) is 16.7. The van der Waals surface area contributed by atoms with Gasteiger partial charge in [-0.15, -0.1) is 0 Å². The van der Waals surface area contributed by atoms with E-state index in [1.54, 1.807) is 37.7 Å². The Labute approximate surface area is 289 Å². The molecule has 0 bridgehead atoms. The van der Waals surface area contributed by atoms with Gasteiger partial charge in [0.15, 0.2) is 5.65 Å². The first kappa shape index (κ1) is 36.1. The highest BCUT2D eigenvalue weighted by atomic mass is 19.4. The predicted molar refractivity (Wildman–Crippen MR) is 190 cm³/mol. The van der Waals surface area contributed by atoms with Crippen molar-refractivity contribution in [3.05, 3.63) is 106 Å². The number of likely N-dealkylation sites (N-methyl/N-ethyl adjacent to an activating group) is 1. The van der Waals surface area contributed by atoms with Crippen LogP contribution in [-0.2, 0) is 17.5 Å². The first-order valence-electron chi connectivity index (χ1n) is 16.3. The Morgan fingerprint density at radius 2 is 1.84 bits per heavy atom. The minimum absolute atomic E-state index is 0.0667. The van der Waals surface area contributed by atoms with Crippen LogP contribution in [0.5, 0.6) is 0 Å². The van der Waals surface area contributed by atoms with Gasteiger partial charge in [0.25, 0.3) is 5.91 Å². The number of aromatic nitrogens is 2. The first-order valence-corrected chi connectivity index (χ1v) is 16.3. The summed E-state index contributed by atoms with van der Waals surface area (Å²) in [6.07, 6.45) is 1.77. The largest absolute Gasteiger partial charge is 0.416 e. The van der Waals surface area contributed by atoms with Crippen LogP contribution in [0.25, 0.3) is 5.65 Å². The summed E-state index contributed by atoms with van der Waals surface area (Å²) in [4.78, 5) is 22.1. The number of ether oxygens (including phenoxy) is 1. The van der Waals surface area contributed by atoms with Crippen LogP contribution in [0.4, 0.5) is 24.5 Å². The molecule has 10 nitrogen and oxygen atoms in total. The number of hydrogen-bond acceptors (Lipinski definition) is 8. The van der Waals surface area contributed by atoms with Crippen LogP contribution < -0.4 is 16.0 Å². The second-order valence-electron chi connectivity index (χ2n) is 11.9. The number of amides is 1. The number of piperazine rings is 1. The summed E-state index contributed by atoms with van der Waals surface area (Å²) < 4.78 is 49.3. The molecule has 0 saturated carbocycles. The zero-order chi connectivity index (χ0) is 35.7. The molecule has 1 fully saturated rings. The lowest BCUT2D eigenvalue weighted by atomic mass is 10.0. The van der Waals surface area contributed by atoms with Crippen molar-refractivity contribution < 1.29 is 22.7 Å². The number of allylic oxidation sites excluding steroid dienone is 1. The fourth-order valence-corrected chi connectivity index (χ4v) is 5.61. The van der Waals surface area contributed by atoms with Crippen molar-refractivity contribution in [1.82, 2.24) is 24.5 Å². The molecule has 0 unspecified atom stereocenters. The highest BCUT2D eigenvalue weighted by Crippen LogP contribution is 2.35. The number of aryl methyl sites for hydroxylation is 1. The maximum atomic E-state index is 14.1. The fourth-order valence-electron chi connectivity index (χ4n) is 5.61. The average molecular weight is 687 g/mol. The lowest BCUT2D eigenvalue weighted by Gasteiger charge is -2.34. The standard InChI is InChI=1S/C37H41F3N8O2/c1-4-46-15-17-47(18-16-46)25-29-9-11-30(21-33(29)37(38,39)40)45-36(49)28-8-7-26(2)27(20-28)10-12-32-24-43-35-34(6-5-14-48(32)35)44-31(22-41)23-42-13-19-50-3/h5-9,11,14,20-24,41-42,44H,4,13,15-19,25H2,1-3H3,(H,45,49)/b31-23+,41-22?. The Morgan fingerprint density at radius 1 is 1.06 bits per heavy atom. The number of methoxy groups -OCH3 is 1. The zero-order valence-electron chi connectivity index (χ0n) is 28.3. The number of halogens is 3. The van der Waals surface area contributed by atoms with Crippen LogP contribution in [0.15, 0.2) is 72.8 Å². The molecule has 13 heteroatoms. The Hall–Kier alpha value is -5.16. The molecule has 0 atom stereocenters. The Bertz CT molecular complexity index is 1920. The number of alkyl halides is 3. The van der Waals surface area contributed by atoms with Crippen molar-refractivity contribution >= 4 is 29.1 Å². The summed E-state index contributed by atoms with van der Waals surface area (Å²) in [5.74, 6) is 5.71. The zero-order valence-corrected chi connectivity index (χ0v) is 28.3. The quantitative estimate of drug-likeness (QED) is 0.0875. The van der Waals surface area contributed by atoms with Gasteiger partial charge < -0.3 is 31.0 Å². The molecule has 2 aromatic heterocycles. The van der Waals surface area contributed by atoms with Gasteiger partial charge in [0.1, 0.15) is 5.69 Å². The van der Waals surface area contributed by atoms with Gasteiger partial charge >= 0.3 is 6.18 Å². The first-order chi connectivity index (χ1) is 24.1. The minimum Gasteiger partial charge on any atom is -0.387 e. The third-order valence-corrected chi connectivity index (χ3v) is 8.48. The molecule has 1 aliphatic rings. The van der Waals surface area contributed by atoms with Gasteiger partial charge in [-0.3, -0.25) is 14.1 Å². The number of rotatable bonds is 12. The molecule has 0 radical (unpaired) electrons. The number of pyridine rings is 1. The van der Waals surface area contributed by atoms with E-state index in [1.807, 2.05) is 34.6 Å². The van der Waals surface area contributed by atoms with Crippen molar-refractivity contribution in [2.75, 3.05) is 63.6 Å². The topological polar surface area (TPSA) is 110 Å². The van der Waals surface area contributed by atoms with Crippen LogP contribution in [0, 0.1) is 24.2 Å². The van der Waals surface area contributed by atoms with Crippen molar-refractivity contribution in [1.29, 1.82) is 5.41 Å². The molecule has 1 aliphatic heterocycles. The predicted octanol–water partition coefficient (Wildman–Crippen LogP) is 5.59. The molecule has 4 aromatic rings. The van der Waals surface area contributed by atoms with Crippen LogP contribution in [0.1, 0.15) is 45.2 Å². The monoisotopic (exact) mass is 686 g/mol. The Kier molecular flexibility index (Phi) is 11.9. The lowest BCUT2D eigenvalue weighted by molar-refractivity contribution is -0.138. The summed E-state index contributed by atoms with van der Waals surface area (Å²) in [6.45, 7) is 9.24. The molecule has 1 amide bonds. The molecule has 0 aliphatic carbocycles. The molecule has 1 saturated heterocycles. The van der Waals surface area contributed by atoms with Crippen LogP contribution in [0.2, 0.25) is 0 Å². The minimum atomic E-state index is -4.57. The third kappa shape index (κ3) is 9.09. The summed E-state index contributed by atoms with van der Waals surface area (Å²) in [5.41, 5.74) is 3.60. The van der Waals surface area contributed by atoms with E-state index >= 15 is 0 Å². The number of fused-ring (bicyclic) bond motifs is 1. The second-order valence-corrected chi connectivity index (χ2v) is 11.9. The van der Waals surface area contributed by atoms with E-state index in [4.69, 9.17) is 10.1 Å². The molecule has 262 valence electrons. The Balaban J connectivity index is 1.31. The molecule has 3 heterocycles. The van der Waals surface area contributed by atoms with E-state index in [1.165, 1.54) is 18.3 Å². The molecular weight excluding hydrogens is 645 g/mol. The number of nitrogens with one attached hydrogen (secondary N) is 4. The van der Waals surface area contributed by atoms with Crippen molar-refractivity contribution in [3.63, 3.8) is 0 Å². The van der Waals surface area contributed by atoms with E-state index in [9.17, 15) is 18.0 Å². The number of imidazole rings is 1. The van der Waals surface area contributed by atoms with Gasteiger partial charge in [0, 0.05) is 81.8 Å². The van der Waals surface area contributed by atoms with E-state index in [0.717, 1.165) is 31.3 Å². The number of anilines is 2. The Morgan fingerprint density at radius 3 is 2.56 bits per heavy atom. The summed E-state index contributed by atoms with van der Waals surface area (Å²) >= 11 is 0. The van der Waals surface area contributed by atoms with E-state index in [2.05, 4.69) is 44.6 Å². The second kappa shape index (κ2) is 16.5. The average Bonchev–Trinajstić information content (AvgIpc) is 3.53. The molecule has 5 rings (SSSR count). The van der Waals surface area contributed by atoms with Gasteiger partial charge in [-0.05, 0) is 66.9 Å². The van der Waals surface area contributed by atoms with Gasteiger partial charge in [0.2, 0.25) is 0 Å². The van der Waals surface area contributed by atoms with Gasteiger partial charge in [0.05, 0.1) is 29.8 Å².